The highest BCUT2D eigenvalue weighted by Gasteiger charge is 2.11. The highest BCUT2D eigenvalue weighted by molar-refractivity contribution is 7.20. The van der Waals surface area contributed by atoms with Gasteiger partial charge in [0, 0.05) is 10.3 Å². The minimum atomic E-state index is -0.307. The number of hydrogen-bond acceptors (Lipinski definition) is 4. The van der Waals surface area contributed by atoms with Gasteiger partial charge >= 0.3 is 5.97 Å². The number of halogens is 1. The Kier molecular flexibility index (Phi) is 4.69. The SMILES string of the molecule is CCOC(=O)c1cc2cc(C(=N)N)ccc2s1.Cl. The number of carbonyl (C=O) groups is 1. The molecule has 0 aliphatic heterocycles. The lowest BCUT2D eigenvalue weighted by Gasteiger charge is -1.96. The van der Waals surface area contributed by atoms with E-state index in [4.69, 9.17) is 15.9 Å². The molecule has 1 aromatic carbocycles. The van der Waals surface area contributed by atoms with Crippen LogP contribution in [0.4, 0.5) is 0 Å². The summed E-state index contributed by atoms with van der Waals surface area (Å²) < 4.78 is 5.92. The van der Waals surface area contributed by atoms with Gasteiger partial charge in [-0.15, -0.1) is 23.7 Å². The second kappa shape index (κ2) is 5.84. The zero-order valence-electron chi connectivity index (χ0n) is 9.73. The first-order valence-electron chi connectivity index (χ1n) is 5.17. The Labute approximate surface area is 115 Å². The monoisotopic (exact) mass is 284 g/mol. The summed E-state index contributed by atoms with van der Waals surface area (Å²) in [6.45, 7) is 2.14. The fourth-order valence-corrected chi connectivity index (χ4v) is 2.45. The van der Waals surface area contributed by atoms with Gasteiger partial charge in [0.15, 0.2) is 0 Å². The summed E-state index contributed by atoms with van der Waals surface area (Å²) in [5, 5.41) is 8.27. The third kappa shape index (κ3) is 2.80. The molecule has 18 heavy (non-hydrogen) atoms. The summed E-state index contributed by atoms with van der Waals surface area (Å²) in [5.41, 5.74) is 6.07. The van der Waals surface area contributed by atoms with E-state index >= 15 is 0 Å². The van der Waals surface area contributed by atoms with Crippen molar-refractivity contribution in [3.05, 3.63) is 34.7 Å². The fourth-order valence-electron chi connectivity index (χ4n) is 1.51. The Morgan fingerprint density at radius 2 is 2.17 bits per heavy atom. The lowest BCUT2D eigenvalue weighted by Crippen LogP contribution is -2.10. The van der Waals surface area contributed by atoms with Crippen molar-refractivity contribution in [2.45, 2.75) is 6.92 Å². The third-order valence-corrected chi connectivity index (χ3v) is 3.40. The van der Waals surface area contributed by atoms with Gasteiger partial charge in [-0.2, -0.15) is 0 Å². The number of amidine groups is 1. The minimum absolute atomic E-state index is 0. The van der Waals surface area contributed by atoms with Gasteiger partial charge in [0.25, 0.3) is 0 Å². The molecule has 96 valence electrons. The van der Waals surface area contributed by atoms with E-state index in [9.17, 15) is 4.79 Å². The molecule has 0 saturated carbocycles. The van der Waals surface area contributed by atoms with E-state index in [1.54, 1.807) is 25.1 Å². The molecule has 0 aliphatic carbocycles. The van der Waals surface area contributed by atoms with Crippen LogP contribution in [0.3, 0.4) is 0 Å². The van der Waals surface area contributed by atoms with Crippen LogP contribution in [0.1, 0.15) is 22.2 Å². The largest absolute Gasteiger partial charge is 0.462 e. The predicted molar refractivity (Wildman–Crippen MR) is 76.0 cm³/mol. The van der Waals surface area contributed by atoms with E-state index in [0.29, 0.717) is 17.0 Å². The maximum absolute atomic E-state index is 11.6. The molecule has 1 aromatic heterocycles. The Morgan fingerprint density at radius 1 is 1.44 bits per heavy atom. The molecule has 0 spiro atoms. The van der Waals surface area contributed by atoms with Crippen molar-refractivity contribution >= 4 is 45.6 Å². The lowest BCUT2D eigenvalue weighted by atomic mass is 10.1. The quantitative estimate of drug-likeness (QED) is 0.517. The molecule has 0 bridgehead atoms. The number of thiophene rings is 1. The molecule has 0 saturated heterocycles. The summed E-state index contributed by atoms with van der Waals surface area (Å²) in [4.78, 5) is 12.1. The normalized spacial score (nSPS) is 9.83. The predicted octanol–water partition coefficient (Wildman–Crippen LogP) is 2.78. The molecule has 2 rings (SSSR count). The second-order valence-electron chi connectivity index (χ2n) is 3.50. The molecule has 0 fully saturated rings. The van der Waals surface area contributed by atoms with Gasteiger partial charge in [-0.3, -0.25) is 5.41 Å². The van der Waals surface area contributed by atoms with Crippen molar-refractivity contribution in [3.63, 3.8) is 0 Å². The Morgan fingerprint density at radius 3 is 2.78 bits per heavy atom. The van der Waals surface area contributed by atoms with Gasteiger partial charge in [-0.25, -0.2) is 4.79 Å². The summed E-state index contributed by atoms with van der Waals surface area (Å²) in [6.07, 6.45) is 0. The van der Waals surface area contributed by atoms with E-state index in [1.807, 2.05) is 6.07 Å². The van der Waals surface area contributed by atoms with Gasteiger partial charge in [-0.1, -0.05) is 0 Å². The number of ether oxygens (including phenoxy) is 1. The maximum Gasteiger partial charge on any atom is 0.348 e. The van der Waals surface area contributed by atoms with Crippen LogP contribution in [-0.2, 0) is 4.74 Å². The first-order valence-corrected chi connectivity index (χ1v) is 5.98. The molecule has 4 nitrogen and oxygen atoms in total. The van der Waals surface area contributed by atoms with Gasteiger partial charge in [-0.05, 0) is 36.6 Å². The molecule has 0 unspecified atom stereocenters. The van der Waals surface area contributed by atoms with Crippen molar-refractivity contribution in [1.82, 2.24) is 0 Å². The molecule has 1 heterocycles. The average Bonchev–Trinajstić information content (AvgIpc) is 2.71. The number of carbonyl (C=O) groups excluding carboxylic acids is 1. The Balaban J connectivity index is 0.00000162. The van der Waals surface area contributed by atoms with Crippen molar-refractivity contribution in [2.24, 2.45) is 5.73 Å². The van der Waals surface area contributed by atoms with Gasteiger partial charge < -0.3 is 10.5 Å². The number of nitrogen functional groups attached to an aromatic ring is 1. The van der Waals surface area contributed by atoms with Crippen molar-refractivity contribution in [3.8, 4) is 0 Å². The summed E-state index contributed by atoms with van der Waals surface area (Å²) in [7, 11) is 0. The van der Waals surface area contributed by atoms with Crippen molar-refractivity contribution in [1.29, 1.82) is 5.41 Å². The van der Waals surface area contributed by atoms with Crippen LogP contribution < -0.4 is 5.73 Å². The average molecular weight is 285 g/mol. The summed E-state index contributed by atoms with van der Waals surface area (Å²) >= 11 is 1.38. The zero-order chi connectivity index (χ0) is 12.4. The molecule has 2 aromatic rings. The van der Waals surface area contributed by atoms with E-state index < -0.39 is 0 Å². The van der Waals surface area contributed by atoms with Gasteiger partial charge in [0.1, 0.15) is 10.7 Å². The highest BCUT2D eigenvalue weighted by atomic mass is 35.5. The highest BCUT2D eigenvalue weighted by Crippen LogP contribution is 2.27. The fraction of sp³-hybridized carbons (Fsp3) is 0.167. The lowest BCUT2D eigenvalue weighted by molar-refractivity contribution is 0.0532. The van der Waals surface area contributed by atoms with E-state index in [-0.39, 0.29) is 24.2 Å². The van der Waals surface area contributed by atoms with Crippen molar-refractivity contribution in [2.75, 3.05) is 6.61 Å². The van der Waals surface area contributed by atoms with Gasteiger partial charge in [0.2, 0.25) is 0 Å². The molecule has 0 atom stereocenters. The number of benzene rings is 1. The van der Waals surface area contributed by atoms with Crippen LogP contribution in [0.25, 0.3) is 10.1 Å². The number of hydrogen-bond donors (Lipinski definition) is 2. The summed E-state index contributed by atoms with van der Waals surface area (Å²) in [5.74, 6) is -0.283. The third-order valence-electron chi connectivity index (χ3n) is 2.30. The van der Waals surface area contributed by atoms with E-state index in [1.165, 1.54) is 11.3 Å². The molecular weight excluding hydrogens is 272 g/mol. The van der Waals surface area contributed by atoms with Crippen molar-refractivity contribution < 1.29 is 9.53 Å². The number of rotatable bonds is 3. The Hall–Kier alpha value is -1.59. The zero-order valence-corrected chi connectivity index (χ0v) is 11.4. The molecular formula is C12H13ClN2O2S. The number of fused-ring (bicyclic) bond motifs is 1. The molecule has 6 heteroatoms. The van der Waals surface area contributed by atoms with Crippen LogP contribution >= 0.6 is 23.7 Å². The van der Waals surface area contributed by atoms with Crippen LogP contribution in [0.5, 0.6) is 0 Å². The molecule has 0 aliphatic rings. The first kappa shape index (κ1) is 14.5. The van der Waals surface area contributed by atoms with E-state index in [0.717, 1.165) is 10.1 Å². The second-order valence-corrected chi connectivity index (χ2v) is 4.58. The van der Waals surface area contributed by atoms with E-state index in [2.05, 4.69) is 0 Å². The minimum Gasteiger partial charge on any atom is -0.462 e. The smallest absolute Gasteiger partial charge is 0.348 e. The van der Waals surface area contributed by atoms with Gasteiger partial charge in [0.05, 0.1) is 6.61 Å². The molecule has 3 N–H and O–H groups in total. The van der Waals surface area contributed by atoms with Crippen LogP contribution in [0.15, 0.2) is 24.3 Å². The molecule has 0 amide bonds. The topological polar surface area (TPSA) is 76.2 Å². The van der Waals surface area contributed by atoms with Crippen LogP contribution in [-0.4, -0.2) is 18.4 Å². The van der Waals surface area contributed by atoms with Crippen LogP contribution in [0.2, 0.25) is 0 Å². The van der Waals surface area contributed by atoms with Crippen LogP contribution in [0, 0.1) is 5.41 Å². The summed E-state index contributed by atoms with van der Waals surface area (Å²) in [6, 6.07) is 7.21. The Bertz CT molecular complexity index is 595. The number of nitrogens with one attached hydrogen (secondary N) is 1. The number of nitrogens with two attached hydrogens (primary N) is 1. The molecule has 0 radical (unpaired) electrons. The maximum atomic E-state index is 11.6. The number of esters is 1. The standard InChI is InChI=1S/C12H12N2O2S.ClH/c1-2-16-12(15)10-6-8-5-7(11(13)14)3-4-9(8)17-10;/h3-6H,2H2,1H3,(H3,13,14);1H. The first-order chi connectivity index (χ1) is 8.11.